The first-order valence-electron chi connectivity index (χ1n) is 6.71. The highest BCUT2D eigenvalue weighted by atomic mass is 16.5. The van der Waals surface area contributed by atoms with Crippen molar-refractivity contribution in [2.45, 2.75) is 53.1 Å². The van der Waals surface area contributed by atoms with Gasteiger partial charge in [0.05, 0.1) is 6.42 Å². The minimum absolute atomic E-state index is 0.104. The molecule has 1 rings (SSSR count). The fourth-order valence-corrected chi connectivity index (χ4v) is 2.61. The first kappa shape index (κ1) is 14.5. The monoisotopic (exact) mass is 237 g/mol. The Morgan fingerprint density at radius 2 is 2.06 bits per heavy atom. The van der Waals surface area contributed by atoms with Crippen LogP contribution in [0.15, 0.2) is 0 Å². The first-order valence-corrected chi connectivity index (χ1v) is 6.71. The van der Waals surface area contributed by atoms with Gasteiger partial charge in [-0.1, -0.05) is 34.1 Å². The van der Waals surface area contributed by atoms with Gasteiger partial charge in [0.2, 0.25) is 0 Å². The van der Waals surface area contributed by atoms with Gasteiger partial charge in [-0.05, 0) is 43.4 Å². The van der Waals surface area contributed by atoms with Gasteiger partial charge in [-0.25, -0.2) is 0 Å². The molecule has 0 aromatic rings. The fraction of sp³-hybridized carbons (Fsp3) is 0.733. The average Bonchev–Trinajstić information content (AvgIpc) is 2.26. The molecule has 2 heteroatoms. The summed E-state index contributed by atoms with van der Waals surface area (Å²) in [6, 6.07) is 0. The molecule has 0 aromatic carbocycles. The van der Waals surface area contributed by atoms with Gasteiger partial charge in [-0.15, -0.1) is 0 Å². The van der Waals surface area contributed by atoms with Crippen LogP contribution in [0, 0.1) is 37.0 Å². The Labute approximate surface area is 106 Å². The van der Waals surface area contributed by atoms with Crippen LogP contribution in [0.2, 0.25) is 0 Å². The Balaban J connectivity index is 2.48. The van der Waals surface area contributed by atoms with Crippen LogP contribution in [-0.2, 0) is 9.53 Å². The van der Waals surface area contributed by atoms with Gasteiger partial charge in [-0.2, -0.15) is 0 Å². The van der Waals surface area contributed by atoms with Gasteiger partial charge in [0.15, 0.2) is 0 Å². The second kappa shape index (κ2) is 7.03. The number of hydrogen-bond acceptors (Lipinski definition) is 2. The zero-order valence-electron chi connectivity index (χ0n) is 11.5. The molecule has 17 heavy (non-hydrogen) atoms. The molecule has 3 radical (unpaired) electrons. The van der Waals surface area contributed by atoms with Crippen LogP contribution in [-0.4, -0.2) is 12.1 Å². The largest absolute Gasteiger partial charge is 0.462 e. The van der Waals surface area contributed by atoms with Crippen molar-refractivity contribution in [3.63, 3.8) is 0 Å². The van der Waals surface area contributed by atoms with E-state index in [9.17, 15) is 4.79 Å². The molecule has 0 unspecified atom stereocenters. The number of unbranched alkanes of at least 4 members (excludes halogenated alkanes) is 1. The van der Waals surface area contributed by atoms with E-state index in [1.165, 1.54) is 19.3 Å². The summed E-state index contributed by atoms with van der Waals surface area (Å²) in [5.41, 5.74) is 0. The van der Waals surface area contributed by atoms with E-state index < -0.39 is 0 Å². The van der Waals surface area contributed by atoms with Crippen molar-refractivity contribution in [1.29, 1.82) is 0 Å². The second-order valence-corrected chi connectivity index (χ2v) is 5.49. The minimum atomic E-state index is -0.201. The van der Waals surface area contributed by atoms with Crippen LogP contribution in [0.4, 0.5) is 0 Å². The third-order valence-corrected chi connectivity index (χ3v) is 3.65. The molecule has 0 amide bonds. The maximum atomic E-state index is 11.6. The van der Waals surface area contributed by atoms with Gasteiger partial charge in [-0.3, -0.25) is 4.79 Å². The molecule has 1 aliphatic carbocycles. The first-order chi connectivity index (χ1) is 8.04. The highest BCUT2D eigenvalue weighted by Gasteiger charge is 2.33. The quantitative estimate of drug-likeness (QED) is 0.683. The van der Waals surface area contributed by atoms with Crippen molar-refractivity contribution < 1.29 is 9.53 Å². The summed E-state index contributed by atoms with van der Waals surface area (Å²) in [4.78, 5) is 11.6. The second-order valence-electron chi connectivity index (χ2n) is 5.49. The Morgan fingerprint density at radius 1 is 1.35 bits per heavy atom. The zero-order chi connectivity index (χ0) is 12.8. The van der Waals surface area contributed by atoms with E-state index in [0.717, 1.165) is 6.42 Å². The normalized spacial score (nSPS) is 29.4. The molecular formula is C15H25O2. The van der Waals surface area contributed by atoms with Crippen LogP contribution < -0.4 is 0 Å². The third-order valence-electron chi connectivity index (χ3n) is 3.65. The van der Waals surface area contributed by atoms with E-state index in [1.54, 1.807) is 6.42 Å². The fourth-order valence-electron chi connectivity index (χ4n) is 2.61. The highest BCUT2D eigenvalue weighted by molar-refractivity contribution is 5.81. The summed E-state index contributed by atoms with van der Waals surface area (Å²) in [5.74, 6) is 1.58. The average molecular weight is 237 g/mol. The number of carbonyl (C=O) groups excluding carboxylic acids is 1. The maximum absolute atomic E-state index is 11.6. The number of hydrogen-bond donors (Lipinski definition) is 0. The van der Waals surface area contributed by atoms with Crippen LogP contribution in [0.3, 0.4) is 0 Å². The maximum Gasteiger partial charge on any atom is 0.310 e. The minimum Gasteiger partial charge on any atom is -0.462 e. The Hall–Kier alpha value is -0.530. The van der Waals surface area contributed by atoms with Gasteiger partial charge in [0.1, 0.15) is 6.10 Å². The number of carbonyl (C=O) groups is 1. The summed E-state index contributed by atoms with van der Waals surface area (Å²) in [6.07, 6.45) is 8.64. The smallest absolute Gasteiger partial charge is 0.310 e. The molecule has 0 heterocycles. The van der Waals surface area contributed by atoms with Crippen LogP contribution >= 0.6 is 0 Å². The Kier molecular flexibility index (Phi) is 6.01. The van der Waals surface area contributed by atoms with Gasteiger partial charge < -0.3 is 4.74 Å². The molecule has 0 spiro atoms. The third kappa shape index (κ3) is 4.69. The standard InChI is InChI=1S/C15H25O2/c1-5-6-7-15(16)17-14-10-12(4)8-9-13(14)11(2)3/h5-7,11-14H,8-10H2,1-4H3/t12-,13+,14-/m1/s1. The van der Waals surface area contributed by atoms with Crippen molar-refractivity contribution >= 4 is 5.97 Å². The number of esters is 1. The lowest BCUT2D eigenvalue weighted by molar-refractivity contribution is -0.151. The molecule has 0 aromatic heterocycles. The Morgan fingerprint density at radius 3 is 2.65 bits per heavy atom. The lowest BCUT2D eigenvalue weighted by Gasteiger charge is -2.36. The molecule has 0 N–H and O–H groups in total. The van der Waals surface area contributed by atoms with Gasteiger partial charge in [0.25, 0.3) is 0 Å². The topological polar surface area (TPSA) is 26.3 Å². The summed E-state index contributed by atoms with van der Waals surface area (Å²) in [5, 5.41) is 0. The van der Waals surface area contributed by atoms with Crippen molar-refractivity contribution in [3.8, 4) is 0 Å². The summed E-state index contributed by atoms with van der Waals surface area (Å²) in [6.45, 7) is 8.57. The van der Waals surface area contributed by atoms with E-state index in [2.05, 4.69) is 20.8 Å². The van der Waals surface area contributed by atoms with Crippen LogP contribution in [0.5, 0.6) is 0 Å². The van der Waals surface area contributed by atoms with Crippen LogP contribution in [0.25, 0.3) is 0 Å². The van der Waals surface area contributed by atoms with Crippen molar-refractivity contribution in [2.75, 3.05) is 0 Å². The predicted octanol–water partition coefficient (Wildman–Crippen LogP) is 3.62. The Bertz CT molecular complexity index is 235. The summed E-state index contributed by atoms with van der Waals surface area (Å²) < 4.78 is 5.59. The lowest BCUT2D eigenvalue weighted by Crippen LogP contribution is -2.35. The molecule has 0 aliphatic heterocycles. The zero-order valence-corrected chi connectivity index (χ0v) is 11.5. The molecule has 1 fully saturated rings. The lowest BCUT2D eigenvalue weighted by atomic mass is 9.75. The molecule has 1 aliphatic rings. The predicted molar refractivity (Wildman–Crippen MR) is 69.8 cm³/mol. The van der Waals surface area contributed by atoms with Crippen molar-refractivity contribution in [1.82, 2.24) is 0 Å². The molecule has 1 saturated carbocycles. The molecule has 2 nitrogen and oxygen atoms in total. The molecule has 0 bridgehead atoms. The van der Waals surface area contributed by atoms with E-state index in [1.807, 2.05) is 13.3 Å². The summed E-state index contributed by atoms with van der Waals surface area (Å²) in [7, 11) is 0. The van der Waals surface area contributed by atoms with Gasteiger partial charge >= 0.3 is 5.97 Å². The van der Waals surface area contributed by atoms with E-state index in [4.69, 9.17) is 4.74 Å². The van der Waals surface area contributed by atoms with E-state index >= 15 is 0 Å². The van der Waals surface area contributed by atoms with Crippen LogP contribution in [0.1, 0.15) is 47.0 Å². The van der Waals surface area contributed by atoms with Crippen molar-refractivity contribution in [3.05, 3.63) is 19.3 Å². The number of ether oxygens (including phenoxy) is 1. The molecular weight excluding hydrogens is 212 g/mol. The molecule has 97 valence electrons. The molecule has 3 atom stereocenters. The summed E-state index contributed by atoms with van der Waals surface area (Å²) >= 11 is 0. The highest BCUT2D eigenvalue weighted by Crippen LogP contribution is 2.35. The van der Waals surface area contributed by atoms with E-state index in [0.29, 0.717) is 17.8 Å². The van der Waals surface area contributed by atoms with E-state index in [-0.39, 0.29) is 12.1 Å². The van der Waals surface area contributed by atoms with Gasteiger partial charge in [0, 0.05) is 0 Å². The van der Waals surface area contributed by atoms with Crippen molar-refractivity contribution in [2.24, 2.45) is 17.8 Å². The molecule has 0 saturated heterocycles. The SMILES string of the molecule is C[CH][CH][CH]C(=O)O[C@@H]1C[C@H](C)CC[C@H]1C(C)C. The number of rotatable bonds is 5.